The van der Waals surface area contributed by atoms with Gasteiger partial charge in [0.2, 0.25) is 5.75 Å². The molecule has 1 N–H and O–H groups in total. The molecular formula is C18H18O4. The predicted octanol–water partition coefficient (Wildman–Crippen LogP) is 3.61. The topological polar surface area (TPSA) is 55.8 Å². The molecule has 4 nitrogen and oxygen atoms in total. The van der Waals surface area contributed by atoms with E-state index in [0.717, 1.165) is 5.56 Å². The fourth-order valence-corrected chi connectivity index (χ4v) is 2.00. The molecule has 0 fully saturated rings. The summed E-state index contributed by atoms with van der Waals surface area (Å²) in [6.45, 7) is 1.97. The number of ketones is 1. The lowest BCUT2D eigenvalue weighted by molar-refractivity contribution is 0.104. The average Bonchev–Trinajstić information content (AvgIpc) is 2.54. The van der Waals surface area contributed by atoms with Crippen LogP contribution in [0, 0.1) is 6.92 Å². The van der Waals surface area contributed by atoms with Gasteiger partial charge in [-0.25, -0.2) is 0 Å². The van der Waals surface area contributed by atoms with E-state index in [0.29, 0.717) is 22.6 Å². The Morgan fingerprint density at radius 2 is 1.59 bits per heavy atom. The molecule has 0 spiro atoms. The lowest BCUT2D eigenvalue weighted by atomic mass is 10.1. The van der Waals surface area contributed by atoms with Gasteiger partial charge in [-0.15, -0.1) is 0 Å². The van der Waals surface area contributed by atoms with Crippen molar-refractivity contribution in [3.8, 4) is 17.2 Å². The van der Waals surface area contributed by atoms with E-state index in [1.165, 1.54) is 20.3 Å². The number of phenolic OH excluding ortho intramolecular Hbond substituents is 1. The second-order valence-corrected chi connectivity index (χ2v) is 4.84. The summed E-state index contributed by atoms with van der Waals surface area (Å²) >= 11 is 0. The maximum Gasteiger partial charge on any atom is 0.200 e. The summed E-state index contributed by atoms with van der Waals surface area (Å²) in [5, 5.41) is 9.85. The molecule has 0 aliphatic rings. The Morgan fingerprint density at radius 3 is 2.09 bits per heavy atom. The van der Waals surface area contributed by atoms with Gasteiger partial charge in [-0.3, -0.25) is 4.79 Å². The van der Waals surface area contributed by atoms with Gasteiger partial charge in [-0.1, -0.05) is 35.9 Å². The van der Waals surface area contributed by atoms with E-state index in [4.69, 9.17) is 9.47 Å². The minimum atomic E-state index is -0.0917. The molecule has 0 amide bonds. The molecule has 0 aromatic heterocycles. The highest BCUT2D eigenvalue weighted by Gasteiger charge is 2.10. The van der Waals surface area contributed by atoms with Crippen LogP contribution in [0.5, 0.6) is 17.2 Å². The third-order valence-electron chi connectivity index (χ3n) is 3.27. The van der Waals surface area contributed by atoms with E-state index in [1.54, 1.807) is 30.3 Å². The molecule has 22 heavy (non-hydrogen) atoms. The molecule has 0 radical (unpaired) electrons. The molecule has 2 aromatic carbocycles. The summed E-state index contributed by atoms with van der Waals surface area (Å²) in [4.78, 5) is 12.1. The molecular weight excluding hydrogens is 280 g/mol. The van der Waals surface area contributed by atoms with Crippen LogP contribution in [0.4, 0.5) is 0 Å². The Balaban J connectivity index is 2.26. The van der Waals surface area contributed by atoms with Crippen LogP contribution in [-0.2, 0) is 0 Å². The fraction of sp³-hybridized carbons (Fsp3) is 0.167. The largest absolute Gasteiger partial charge is 0.502 e. The van der Waals surface area contributed by atoms with E-state index in [2.05, 4.69) is 0 Å². The maximum absolute atomic E-state index is 12.1. The van der Waals surface area contributed by atoms with Crippen LogP contribution in [-0.4, -0.2) is 25.1 Å². The Bertz CT molecular complexity index is 675. The number of aryl methyl sites for hydroxylation is 1. The lowest BCUT2D eigenvalue weighted by Gasteiger charge is -2.09. The van der Waals surface area contributed by atoms with Crippen molar-refractivity contribution < 1.29 is 19.4 Å². The molecule has 2 rings (SSSR count). The smallest absolute Gasteiger partial charge is 0.200 e. The number of methoxy groups -OCH3 is 2. The first kappa shape index (κ1) is 15.6. The normalized spacial score (nSPS) is 10.7. The number of carbonyl (C=O) groups excluding carboxylic acids is 1. The molecule has 0 unspecified atom stereocenters. The van der Waals surface area contributed by atoms with Gasteiger partial charge < -0.3 is 14.6 Å². The van der Waals surface area contributed by atoms with Crippen LogP contribution in [0.25, 0.3) is 6.08 Å². The monoisotopic (exact) mass is 298 g/mol. The zero-order chi connectivity index (χ0) is 16.1. The van der Waals surface area contributed by atoms with E-state index in [-0.39, 0.29) is 11.5 Å². The SMILES string of the molecule is COc1cc(C=CC(=O)c2ccc(C)cc2)cc(OC)c1O. The molecule has 2 aromatic rings. The lowest BCUT2D eigenvalue weighted by Crippen LogP contribution is -1.94. The molecule has 0 aliphatic carbocycles. The first-order chi connectivity index (χ1) is 10.5. The summed E-state index contributed by atoms with van der Waals surface area (Å²) in [7, 11) is 2.92. The fourth-order valence-electron chi connectivity index (χ4n) is 2.00. The molecule has 0 heterocycles. The van der Waals surface area contributed by atoms with Crippen molar-refractivity contribution in [3.05, 3.63) is 59.2 Å². The summed E-state index contributed by atoms with van der Waals surface area (Å²) < 4.78 is 10.2. The highest BCUT2D eigenvalue weighted by atomic mass is 16.5. The highest BCUT2D eigenvalue weighted by molar-refractivity contribution is 6.06. The summed E-state index contributed by atoms with van der Waals surface area (Å²) in [6.07, 6.45) is 3.14. The number of phenols is 1. The quantitative estimate of drug-likeness (QED) is 0.676. The molecule has 4 heteroatoms. The third kappa shape index (κ3) is 3.47. The summed E-state index contributed by atoms with van der Waals surface area (Å²) in [5.74, 6) is 0.432. The standard InChI is InChI=1S/C18H18O4/c1-12-4-7-14(8-5-12)15(19)9-6-13-10-16(21-2)18(20)17(11-13)22-3/h4-11,20H,1-3H3. The molecule has 0 atom stereocenters. The van der Waals surface area contributed by atoms with Crippen LogP contribution >= 0.6 is 0 Å². The van der Waals surface area contributed by atoms with Gasteiger partial charge in [0, 0.05) is 5.56 Å². The van der Waals surface area contributed by atoms with Crippen molar-refractivity contribution in [1.29, 1.82) is 0 Å². The van der Waals surface area contributed by atoms with Crippen molar-refractivity contribution in [1.82, 2.24) is 0 Å². The van der Waals surface area contributed by atoms with E-state index < -0.39 is 0 Å². The Morgan fingerprint density at radius 1 is 1.05 bits per heavy atom. The van der Waals surface area contributed by atoms with Gasteiger partial charge in [0.1, 0.15) is 0 Å². The molecule has 0 aliphatic heterocycles. The number of allylic oxidation sites excluding steroid dienone is 1. The van der Waals surface area contributed by atoms with Crippen LogP contribution in [0.15, 0.2) is 42.5 Å². The summed E-state index contributed by atoms with van der Waals surface area (Å²) in [5.41, 5.74) is 2.43. The number of hydrogen-bond donors (Lipinski definition) is 1. The molecule has 0 saturated carbocycles. The Hall–Kier alpha value is -2.75. The van der Waals surface area contributed by atoms with E-state index in [1.807, 2.05) is 19.1 Å². The van der Waals surface area contributed by atoms with Crippen LogP contribution in [0.2, 0.25) is 0 Å². The van der Waals surface area contributed by atoms with Crippen molar-refractivity contribution in [2.75, 3.05) is 14.2 Å². The number of carbonyl (C=O) groups is 1. The number of benzene rings is 2. The van der Waals surface area contributed by atoms with Gasteiger partial charge in [-0.05, 0) is 30.7 Å². The van der Waals surface area contributed by atoms with E-state index in [9.17, 15) is 9.90 Å². The zero-order valence-corrected chi connectivity index (χ0v) is 12.8. The second-order valence-electron chi connectivity index (χ2n) is 4.84. The number of ether oxygens (including phenoxy) is 2. The van der Waals surface area contributed by atoms with Gasteiger partial charge in [0.15, 0.2) is 17.3 Å². The zero-order valence-electron chi connectivity index (χ0n) is 12.8. The van der Waals surface area contributed by atoms with Crippen molar-refractivity contribution in [3.63, 3.8) is 0 Å². The second kappa shape index (κ2) is 6.80. The third-order valence-corrected chi connectivity index (χ3v) is 3.27. The van der Waals surface area contributed by atoms with Gasteiger partial charge >= 0.3 is 0 Å². The Kier molecular flexibility index (Phi) is 4.84. The van der Waals surface area contributed by atoms with E-state index >= 15 is 0 Å². The molecule has 114 valence electrons. The molecule has 0 saturated heterocycles. The van der Waals surface area contributed by atoms with Crippen molar-refractivity contribution in [2.45, 2.75) is 6.92 Å². The number of hydrogen-bond acceptors (Lipinski definition) is 4. The van der Waals surface area contributed by atoms with Gasteiger partial charge in [0.05, 0.1) is 14.2 Å². The maximum atomic E-state index is 12.1. The Labute approximate surface area is 129 Å². The highest BCUT2D eigenvalue weighted by Crippen LogP contribution is 2.37. The predicted molar refractivity (Wildman–Crippen MR) is 85.8 cm³/mol. The van der Waals surface area contributed by atoms with Crippen LogP contribution in [0.1, 0.15) is 21.5 Å². The van der Waals surface area contributed by atoms with Crippen LogP contribution < -0.4 is 9.47 Å². The first-order valence-electron chi connectivity index (χ1n) is 6.79. The minimum Gasteiger partial charge on any atom is -0.502 e. The summed E-state index contributed by atoms with van der Waals surface area (Å²) in [6, 6.07) is 10.6. The van der Waals surface area contributed by atoms with Crippen molar-refractivity contribution in [2.24, 2.45) is 0 Å². The number of aromatic hydroxyl groups is 1. The number of rotatable bonds is 5. The van der Waals surface area contributed by atoms with Crippen molar-refractivity contribution >= 4 is 11.9 Å². The first-order valence-corrected chi connectivity index (χ1v) is 6.79. The van der Waals surface area contributed by atoms with Gasteiger partial charge in [-0.2, -0.15) is 0 Å². The van der Waals surface area contributed by atoms with Crippen LogP contribution in [0.3, 0.4) is 0 Å². The average molecular weight is 298 g/mol. The van der Waals surface area contributed by atoms with Gasteiger partial charge in [0.25, 0.3) is 0 Å². The molecule has 0 bridgehead atoms. The minimum absolute atomic E-state index is 0.0630.